The van der Waals surface area contributed by atoms with Crippen molar-refractivity contribution >= 4 is 5.91 Å². The first-order valence-electron chi connectivity index (χ1n) is 6.73. The molecule has 0 spiro atoms. The summed E-state index contributed by atoms with van der Waals surface area (Å²) in [7, 11) is 3.82. The van der Waals surface area contributed by atoms with Crippen molar-refractivity contribution in [3.05, 3.63) is 0 Å². The molecule has 4 heteroatoms. The Hall–Kier alpha value is -0.610. The van der Waals surface area contributed by atoms with Crippen molar-refractivity contribution in [2.75, 3.05) is 40.3 Å². The molecule has 1 amide bonds. The molecule has 1 aliphatic heterocycles. The van der Waals surface area contributed by atoms with Crippen LogP contribution in [0.4, 0.5) is 0 Å². The van der Waals surface area contributed by atoms with E-state index in [9.17, 15) is 4.79 Å². The largest absolute Gasteiger partial charge is 0.344 e. The van der Waals surface area contributed by atoms with Crippen LogP contribution in [0, 0.1) is 5.92 Å². The molecule has 17 heavy (non-hydrogen) atoms. The van der Waals surface area contributed by atoms with Gasteiger partial charge in [0.25, 0.3) is 0 Å². The Kier molecular flexibility index (Phi) is 5.92. The molecule has 0 aromatic rings. The van der Waals surface area contributed by atoms with Crippen molar-refractivity contribution < 1.29 is 4.79 Å². The Bertz CT molecular complexity index is 245. The molecule has 1 aliphatic rings. The van der Waals surface area contributed by atoms with Crippen LogP contribution in [0.1, 0.15) is 26.7 Å². The molecule has 1 rings (SSSR count). The molecule has 1 fully saturated rings. The van der Waals surface area contributed by atoms with Gasteiger partial charge in [0.05, 0.1) is 0 Å². The van der Waals surface area contributed by atoms with Crippen LogP contribution in [0.25, 0.3) is 0 Å². The molecule has 1 heterocycles. The maximum atomic E-state index is 12.1. The zero-order valence-corrected chi connectivity index (χ0v) is 11.7. The third-order valence-corrected chi connectivity index (χ3v) is 3.70. The van der Waals surface area contributed by atoms with Gasteiger partial charge in [-0.2, -0.15) is 0 Å². The maximum Gasteiger partial charge on any atom is 0.226 e. The predicted molar refractivity (Wildman–Crippen MR) is 71.0 cm³/mol. The SMILES string of the molecule is CCN1CCCC1CN(C)C(=O)C(C)CNC. The zero-order chi connectivity index (χ0) is 12.8. The highest BCUT2D eigenvalue weighted by Crippen LogP contribution is 2.17. The molecule has 0 aromatic carbocycles. The van der Waals surface area contributed by atoms with Crippen molar-refractivity contribution in [1.82, 2.24) is 15.1 Å². The second kappa shape index (κ2) is 6.97. The van der Waals surface area contributed by atoms with Gasteiger partial charge in [-0.05, 0) is 33.0 Å². The molecule has 0 aliphatic carbocycles. The first-order chi connectivity index (χ1) is 8.10. The van der Waals surface area contributed by atoms with E-state index in [0.717, 1.165) is 19.6 Å². The molecule has 2 atom stereocenters. The Morgan fingerprint density at radius 2 is 2.29 bits per heavy atom. The van der Waals surface area contributed by atoms with Crippen LogP contribution < -0.4 is 5.32 Å². The average Bonchev–Trinajstić information content (AvgIpc) is 2.75. The number of likely N-dealkylation sites (N-methyl/N-ethyl adjacent to an activating group) is 2. The maximum absolute atomic E-state index is 12.1. The summed E-state index contributed by atoms with van der Waals surface area (Å²) in [6.45, 7) is 8.10. The summed E-state index contributed by atoms with van der Waals surface area (Å²) < 4.78 is 0. The Labute approximate surface area is 105 Å². The summed E-state index contributed by atoms with van der Waals surface area (Å²) >= 11 is 0. The van der Waals surface area contributed by atoms with Crippen LogP contribution in [-0.2, 0) is 4.79 Å². The molecule has 0 radical (unpaired) electrons. The van der Waals surface area contributed by atoms with Crippen molar-refractivity contribution in [2.45, 2.75) is 32.7 Å². The van der Waals surface area contributed by atoms with E-state index in [-0.39, 0.29) is 11.8 Å². The fourth-order valence-electron chi connectivity index (χ4n) is 2.69. The van der Waals surface area contributed by atoms with Gasteiger partial charge in [-0.3, -0.25) is 9.69 Å². The van der Waals surface area contributed by atoms with Crippen LogP contribution in [0.2, 0.25) is 0 Å². The van der Waals surface area contributed by atoms with E-state index < -0.39 is 0 Å². The lowest BCUT2D eigenvalue weighted by Gasteiger charge is -2.29. The fraction of sp³-hybridized carbons (Fsp3) is 0.923. The van der Waals surface area contributed by atoms with Crippen molar-refractivity contribution in [1.29, 1.82) is 0 Å². The normalized spacial score (nSPS) is 22.7. The lowest BCUT2D eigenvalue weighted by atomic mass is 10.1. The second-order valence-electron chi connectivity index (χ2n) is 5.10. The summed E-state index contributed by atoms with van der Waals surface area (Å²) in [6, 6.07) is 0.565. The first kappa shape index (κ1) is 14.5. The zero-order valence-electron chi connectivity index (χ0n) is 11.7. The van der Waals surface area contributed by atoms with Gasteiger partial charge in [-0.1, -0.05) is 13.8 Å². The summed E-state index contributed by atoms with van der Waals surface area (Å²) in [5.74, 6) is 0.323. The summed E-state index contributed by atoms with van der Waals surface area (Å²) in [6.07, 6.45) is 2.50. The van der Waals surface area contributed by atoms with Crippen molar-refractivity contribution in [3.63, 3.8) is 0 Å². The van der Waals surface area contributed by atoms with Crippen LogP contribution in [0.3, 0.4) is 0 Å². The van der Waals surface area contributed by atoms with Crippen LogP contribution in [-0.4, -0.2) is 62.0 Å². The fourth-order valence-corrected chi connectivity index (χ4v) is 2.69. The van der Waals surface area contributed by atoms with E-state index in [0.29, 0.717) is 6.04 Å². The second-order valence-corrected chi connectivity index (χ2v) is 5.10. The van der Waals surface area contributed by atoms with Gasteiger partial charge >= 0.3 is 0 Å². The van der Waals surface area contributed by atoms with Crippen LogP contribution in [0.15, 0.2) is 0 Å². The minimum Gasteiger partial charge on any atom is -0.344 e. The van der Waals surface area contributed by atoms with E-state index >= 15 is 0 Å². The number of hydrogen-bond acceptors (Lipinski definition) is 3. The number of nitrogens with one attached hydrogen (secondary N) is 1. The van der Waals surface area contributed by atoms with E-state index in [2.05, 4.69) is 17.1 Å². The molecule has 0 saturated carbocycles. The van der Waals surface area contributed by atoms with E-state index in [4.69, 9.17) is 0 Å². The standard InChI is InChI=1S/C13H27N3O/c1-5-16-8-6-7-12(16)10-15(4)13(17)11(2)9-14-3/h11-12,14H,5-10H2,1-4H3. The molecular weight excluding hydrogens is 214 g/mol. The topological polar surface area (TPSA) is 35.6 Å². The molecule has 100 valence electrons. The number of hydrogen-bond donors (Lipinski definition) is 1. The van der Waals surface area contributed by atoms with Gasteiger partial charge in [-0.25, -0.2) is 0 Å². The third-order valence-electron chi connectivity index (χ3n) is 3.70. The minimum atomic E-state index is 0.0708. The van der Waals surface area contributed by atoms with Gasteiger partial charge in [-0.15, -0.1) is 0 Å². The Morgan fingerprint density at radius 1 is 1.59 bits per heavy atom. The smallest absolute Gasteiger partial charge is 0.226 e. The van der Waals surface area contributed by atoms with Crippen molar-refractivity contribution in [3.8, 4) is 0 Å². The van der Waals surface area contributed by atoms with Gasteiger partial charge in [0.2, 0.25) is 5.91 Å². The third kappa shape index (κ3) is 3.96. The number of nitrogens with zero attached hydrogens (tertiary/aromatic N) is 2. The van der Waals surface area contributed by atoms with Crippen molar-refractivity contribution in [2.24, 2.45) is 5.92 Å². The van der Waals surface area contributed by atoms with Gasteiger partial charge in [0.15, 0.2) is 0 Å². The van der Waals surface area contributed by atoms with Gasteiger partial charge in [0.1, 0.15) is 0 Å². The van der Waals surface area contributed by atoms with Crippen LogP contribution >= 0.6 is 0 Å². The predicted octanol–water partition coefficient (Wildman–Crippen LogP) is 0.785. The molecule has 0 bridgehead atoms. The van der Waals surface area contributed by atoms with Gasteiger partial charge in [0, 0.05) is 32.1 Å². The molecule has 2 unspecified atom stereocenters. The molecule has 4 nitrogen and oxygen atoms in total. The highest BCUT2D eigenvalue weighted by Gasteiger charge is 2.26. The highest BCUT2D eigenvalue weighted by atomic mass is 16.2. The average molecular weight is 241 g/mol. The number of amides is 1. The summed E-state index contributed by atoms with van der Waals surface area (Å²) in [4.78, 5) is 16.5. The summed E-state index contributed by atoms with van der Waals surface area (Å²) in [5, 5.41) is 3.06. The van der Waals surface area contributed by atoms with E-state index in [1.54, 1.807) is 0 Å². The number of carbonyl (C=O) groups is 1. The lowest BCUT2D eigenvalue weighted by Crippen LogP contribution is -2.44. The number of likely N-dealkylation sites (tertiary alicyclic amines) is 1. The van der Waals surface area contributed by atoms with E-state index in [1.807, 2.05) is 25.9 Å². The Morgan fingerprint density at radius 3 is 2.88 bits per heavy atom. The number of rotatable bonds is 6. The minimum absolute atomic E-state index is 0.0708. The molecule has 1 N–H and O–H groups in total. The lowest BCUT2D eigenvalue weighted by molar-refractivity contribution is -0.134. The summed E-state index contributed by atoms with van der Waals surface area (Å²) in [5.41, 5.74) is 0. The first-order valence-corrected chi connectivity index (χ1v) is 6.73. The molecule has 0 aromatic heterocycles. The highest BCUT2D eigenvalue weighted by molar-refractivity contribution is 5.78. The monoisotopic (exact) mass is 241 g/mol. The van der Waals surface area contributed by atoms with Crippen LogP contribution in [0.5, 0.6) is 0 Å². The van der Waals surface area contributed by atoms with E-state index in [1.165, 1.54) is 19.4 Å². The molecule has 1 saturated heterocycles. The number of carbonyl (C=O) groups excluding carboxylic acids is 1. The quantitative estimate of drug-likeness (QED) is 0.746. The molecular formula is C13H27N3O. The van der Waals surface area contributed by atoms with Gasteiger partial charge < -0.3 is 10.2 Å². The Balaban J connectivity index is 2.42.